The molecular weight excluding hydrogens is 224 g/mol. The van der Waals surface area contributed by atoms with E-state index in [1.165, 1.54) is 0 Å². The summed E-state index contributed by atoms with van der Waals surface area (Å²) in [6.45, 7) is 0. The van der Waals surface area contributed by atoms with Crippen LogP contribution in [0.25, 0.3) is 0 Å². The number of nitrogens with one attached hydrogen (secondary N) is 1. The maximum Gasteiger partial charge on any atom is 0.278 e. The quantitative estimate of drug-likeness (QED) is 0.761. The van der Waals surface area contributed by atoms with Gasteiger partial charge in [-0.25, -0.2) is 0 Å². The third-order valence-electron chi connectivity index (χ3n) is 1.25. The zero-order chi connectivity index (χ0) is 9.97. The molecule has 0 radical (unpaired) electrons. The third kappa shape index (κ3) is 1.83. The second-order valence-electron chi connectivity index (χ2n) is 2.19. The Morgan fingerprint density at radius 2 is 2.29 bits per heavy atom. The van der Waals surface area contributed by atoms with E-state index in [1.807, 2.05) is 0 Å². The lowest BCUT2D eigenvalue weighted by Crippen LogP contribution is -2.12. The second-order valence-corrected chi connectivity index (χ2v) is 3.81. The molecule has 0 atom stereocenters. The number of anilines is 2. The summed E-state index contributed by atoms with van der Waals surface area (Å²) in [5.74, 6) is -0.366. The van der Waals surface area contributed by atoms with Gasteiger partial charge in [0, 0.05) is 5.38 Å². The van der Waals surface area contributed by atoms with Gasteiger partial charge in [-0.05, 0) is 11.5 Å². The Labute approximate surface area is 86.1 Å². The minimum Gasteiger partial charge on any atom is -0.374 e. The Bertz CT molecular complexity index is 437. The van der Waals surface area contributed by atoms with Gasteiger partial charge < -0.3 is 5.73 Å². The molecule has 0 aromatic carbocycles. The molecule has 0 bridgehead atoms. The van der Waals surface area contributed by atoms with Gasteiger partial charge in [-0.1, -0.05) is 15.8 Å². The molecule has 0 unspecified atom stereocenters. The van der Waals surface area contributed by atoms with Gasteiger partial charge in [-0.15, -0.1) is 15.3 Å². The second kappa shape index (κ2) is 3.64. The molecule has 2 aromatic rings. The summed E-state index contributed by atoms with van der Waals surface area (Å²) in [5, 5.41) is 15.5. The predicted octanol–water partition coefficient (Wildman–Crippen LogP) is 0.224. The fourth-order valence-corrected chi connectivity index (χ4v) is 1.65. The molecule has 14 heavy (non-hydrogen) atoms. The lowest BCUT2D eigenvalue weighted by molar-refractivity contribution is 0.102. The molecule has 0 fully saturated rings. The maximum absolute atomic E-state index is 11.4. The van der Waals surface area contributed by atoms with Crippen molar-refractivity contribution in [1.29, 1.82) is 0 Å². The largest absolute Gasteiger partial charge is 0.374 e. The van der Waals surface area contributed by atoms with E-state index in [4.69, 9.17) is 5.73 Å². The number of hydrogen-bond acceptors (Lipinski definition) is 8. The summed E-state index contributed by atoms with van der Waals surface area (Å²) in [5.41, 5.74) is 5.59. The standard InChI is InChI=1S/C5H4N6OS2/c6-4-9-10-5(14-4)7-3(12)2-1-13-11-8-2/h1H,(H2,6,9)(H,7,10,12). The van der Waals surface area contributed by atoms with Crippen LogP contribution in [0.4, 0.5) is 10.3 Å². The summed E-state index contributed by atoms with van der Waals surface area (Å²) < 4.78 is 3.56. The number of nitrogens with zero attached hydrogens (tertiary/aromatic N) is 4. The van der Waals surface area contributed by atoms with Crippen molar-refractivity contribution < 1.29 is 4.79 Å². The van der Waals surface area contributed by atoms with Crippen molar-refractivity contribution in [3.63, 3.8) is 0 Å². The minimum atomic E-state index is -0.366. The molecule has 2 heterocycles. The fourth-order valence-electron chi connectivity index (χ4n) is 0.710. The van der Waals surface area contributed by atoms with E-state index in [9.17, 15) is 4.79 Å². The molecule has 3 N–H and O–H groups in total. The van der Waals surface area contributed by atoms with Crippen LogP contribution in [0, 0.1) is 0 Å². The van der Waals surface area contributed by atoms with E-state index in [1.54, 1.807) is 5.38 Å². The molecule has 0 aliphatic carbocycles. The van der Waals surface area contributed by atoms with Crippen LogP contribution < -0.4 is 11.1 Å². The number of nitrogens with two attached hydrogens (primary N) is 1. The molecule has 7 nitrogen and oxygen atoms in total. The number of rotatable bonds is 2. The average molecular weight is 228 g/mol. The lowest BCUT2D eigenvalue weighted by atomic mass is 10.5. The Kier molecular flexibility index (Phi) is 2.33. The zero-order valence-electron chi connectivity index (χ0n) is 6.67. The topological polar surface area (TPSA) is 107 Å². The van der Waals surface area contributed by atoms with E-state index < -0.39 is 0 Å². The summed E-state index contributed by atoms with van der Waals surface area (Å²) in [4.78, 5) is 11.4. The SMILES string of the molecule is Nc1nnc(NC(=O)c2csnn2)s1. The molecule has 0 saturated carbocycles. The average Bonchev–Trinajstić information content (AvgIpc) is 2.75. The van der Waals surface area contributed by atoms with Gasteiger partial charge in [0.15, 0.2) is 5.69 Å². The van der Waals surface area contributed by atoms with E-state index >= 15 is 0 Å². The van der Waals surface area contributed by atoms with Crippen molar-refractivity contribution in [3.05, 3.63) is 11.1 Å². The number of carbonyl (C=O) groups excluding carboxylic acids is 1. The fraction of sp³-hybridized carbons (Fsp3) is 0. The normalized spacial score (nSPS) is 10.0. The van der Waals surface area contributed by atoms with Crippen molar-refractivity contribution >= 4 is 39.0 Å². The first-order valence-electron chi connectivity index (χ1n) is 3.43. The van der Waals surface area contributed by atoms with Crippen LogP contribution in [0.5, 0.6) is 0 Å². The van der Waals surface area contributed by atoms with Crippen LogP contribution in [0.15, 0.2) is 5.38 Å². The van der Waals surface area contributed by atoms with Gasteiger partial charge in [0.2, 0.25) is 10.3 Å². The summed E-state index contributed by atoms with van der Waals surface area (Å²) in [7, 11) is 0. The molecule has 0 aliphatic heterocycles. The maximum atomic E-state index is 11.4. The summed E-state index contributed by atoms with van der Waals surface area (Å²) in [6.07, 6.45) is 0. The third-order valence-corrected chi connectivity index (χ3v) is 2.43. The van der Waals surface area contributed by atoms with E-state index in [0.717, 1.165) is 22.9 Å². The Balaban J connectivity index is 2.09. The van der Waals surface area contributed by atoms with Crippen LogP contribution in [-0.4, -0.2) is 25.7 Å². The van der Waals surface area contributed by atoms with Gasteiger partial charge in [0.05, 0.1) is 0 Å². The highest BCUT2D eigenvalue weighted by atomic mass is 32.1. The molecule has 0 spiro atoms. The number of nitrogen functional groups attached to an aromatic ring is 1. The monoisotopic (exact) mass is 228 g/mol. The van der Waals surface area contributed by atoms with Crippen molar-refractivity contribution in [2.75, 3.05) is 11.1 Å². The molecule has 0 saturated heterocycles. The number of aromatic nitrogens is 4. The molecule has 2 rings (SSSR count). The van der Waals surface area contributed by atoms with Crippen molar-refractivity contribution in [3.8, 4) is 0 Å². The van der Waals surface area contributed by atoms with Crippen molar-refractivity contribution in [2.45, 2.75) is 0 Å². The lowest BCUT2D eigenvalue weighted by Gasteiger charge is -1.94. The number of carbonyl (C=O) groups is 1. The number of hydrogen-bond donors (Lipinski definition) is 2. The van der Waals surface area contributed by atoms with Gasteiger partial charge in [-0.2, -0.15) is 0 Å². The predicted molar refractivity (Wildman–Crippen MR) is 52.2 cm³/mol. The first-order chi connectivity index (χ1) is 6.75. The van der Waals surface area contributed by atoms with Crippen LogP contribution >= 0.6 is 22.9 Å². The van der Waals surface area contributed by atoms with Gasteiger partial charge >= 0.3 is 0 Å². The minimum absolute atomic E-state index is 0.253. The first kappa shape index (κ1) is 8.97. The summed E-state index contributed by atoms with van der Waals surface area (Å²) in [6, 6.07) is 0. The smallest absolute Gasteiger partial charge is 0.278 e. The Morgan fingerprint density at radius 3 is 2.86 bits per heavy atom. The van der Waals surface area contributed by atoms with Crippen molar-refractivity contribution in [1.82, 2.24) is 19.8 Å². The van der Waals surface area contributed by atoms with Crippen LogP contribution in [0.1, 0.15) is 10.5 Å². The Morgan fingerprint density at radius 1 is 1.43 bits per heavy atom. The molecule has 0 aliphatic rings. The zero-order valence-corrected chi connectivity index (χ0v) is 8.30. The van der Waals surface area contributed by atoms with Gasteiger partial charge in [0.25, 0.3) is 5.91 Å². The van der Waals surface area contributed by atoms with Gasteiger partial charge in [0.1, 0.15) is 0 Å². The highest BCUT2D eigenvalue weighted by Gasteiger charge is 2.11. The van der Waals surface area contributed by atoms with E-state index in [0.29, 0.717) is 10.3 Å². The highest BCUT2D eigenvalue weighted by Crippen LogP contribution is 2.16. The van der Waals surface area contributed by atoms with Crippen LogP contribution in [0.3, 0.4) is 0 Å². The van der Waals surface area contributed by atoms with E-state index in [-0.39, 0.29) is 11.6 Å². The first-order valence-corrected chi connectivity index (χ1v) is 5.08. The molecular formula is C5H4N6OS2. The molecule has 2 aromatic heterocycles. The molecule has 1 amide bonds. The van der Waals surface area contributed by atoms with Gasteiger partial charge in [-0.3, -0.25) is 10.1 Å². The van der Waals surface area contributed by atoms with Crippen LogP contribution in [0.2, 0.25) is 0 Å². The highest BCUT2D eigenvalue weighted by molar-refractivity contribution is 7.19. The van der Waals surface area contributed by atoms with E-state index in [2.05, 4.69) is 25.1 Å². The Hall–Kier alpha value is -1.61. The molecule has 9 heteroatoms. The van der Waals surface area contributed by atoms with Crippen molar-refractivity contribution in [2.24, 2.45) is 0 Å². The van der Waals surface area contributed by atoms with Crippen LogP contribution in [-0.2, 0) is 0 Å². The number of amides is 1. The molecule has 72 valence electrons. The summed E-state index contributed by atoms with van der Waals surface area (Å²) >= 11 is 2.20.